The Hall–Kier alpha value is -2.16. The van der Waals surface area contributed by atoms with Gasteiger partial charge in [-0.3, -0.25) is 9.78 Å². The molecule has 0 saturated heterocycles. The van der Waals surface area contributed by atoms with Gasteiger partial charge in [0.15, 0.2) is 0 Å². The van der Waals surface area contributed by atoms with Gasteiger partial charge in [-0.25, -0.2) is 0 Å². The molecule has 1 aromatic carbocycles. The normalized spacial score (nSPS) is 12.1. The zero-order valence-electron chi connectivity index (χ0n) is 10.2. The molecule has 3 heteroatoms. The lowest BCUT2D eigenvalue weighted by molar-refractivity contribution is -0.138. The summed E-state index contributed by atoms with van der Waals surface area (Å²) in [5, 5.41) is 9.00. The van der Waals surface area contributed by atoms with Gasteiger partial charge in [0.25, 0.3) is 0 Å². The molecular formula is C15H15NO2. The molecule has 3 nitrogen and oxygen atoms in total. The Morgan fingerprint density at radius 3 is 2.78 bits per heavy atom. The number of pyridine rings is 1. The van der Waals surface area contributed by atoms with Crippen molar-refractivity contribution in [3.8, 4) is 0 Å². The topological polar surface area (TPSA) is 50.2 Å². The Bertz CT molecular complexity index is 537. The monoisotopic (exact) mass is 241 g/mol. The molecule has 18 heavy (non-hydrogen) atoms. The highest BCUT2D eigenvalue weighted by molar-refractivity contribution is 5.75. The summed E-state index contributed by atoms with van der Waals surface area (Å²) in [5.41, 5.74) is 2.90. The summed E-state index contributed by atoms with van der Waals surface area (Å²) in [6.45, 7) is 1.70. The molecule has 1 atom stereocenters. The quantitative estimate of drug-likeness (QED) is 0.895. The van der Waals surface area contributed by atoms with Crippen LogP contribution in [0, 0.1) is 0 Å². The summed E-state index contributed by atoms with van der Waals surface area (Å²) in [4.78, 5) is 15.2. The van der Waals surface area contributed by atoms with Gasteiger partial charge in [0.1, 0.15) is 0 Å². The largest absolute Gasteiger partial charge is 0.481 e. The Morgan fingerprint density at radius 1 is 1.28 bits per heavy atom. The van der Waals surface area contributed by atoms with E-state index in [0.29, 0.717) is 0 Å². The molecular weight excluding hydrogens is 226 g/mol. The molecule has 0 amide bonds. The second-order valence-electron chi connectivity index (χ2n) is 4.30. The van der Waals surface area contributed by atoms with E-state index in [9.17, 15) is 4.79 Å². The lowest BCUT2D eigenvalue weighted by Gasteiger charge is -2.08. The average molecular weight is 241 g/mol. The number of carboxylic acid groups (broad SMARTS) is 1. The van der Waals surface area contributed by atoms with Crippen molar-refractivity contribution in [1.82, 2.24) is 4.98 Å². The first kappa shape index (κ1) is 12.3. The molecule has 0 aliphatic heterocycles. The molecule has 0 bridgehead atoms. The van der Waals surface area contributed by atoms with Crippen LogP contribution in [0.5, 0.6) is 0 Å². The Morgan fingerprint density at radius 2 is 2.11 bits per heavy atom. The van der Waals surface area contributed by atoms with Crippen molar-refractivity contribution in [3.05, 3.63) is 65.5 Å². The lowest BCUT2D eigenvalue weighted by Crippen LogP contribution is -2.07. The van der Waals surface area contributed by atoms with Crippen molar-refractivity contribution in [2.75, 3.05) is 0 Å². The van der Waals surface area contributed by atoms with E-state index in [0.717, 1.165) is 23.2 Å². The van der Waals surface area contributed by atoms with Gasteiger partial charge >= 0.3 is 5.97 Å². The van der Waals surface area contributed by atoms with Crippen molar-refractivity contribution in [2.45, 2.75) is 19.3 Å². The molecule has 0 aliphatic rings. The molecule has 92 valence electrons. The second-order valence-corrected chi connectivity index (χ2v) is 4.30. The van der Waals surface area contributed by atoms with Crippen molar-refractivity contribution in [1.29, 1.82) is 0 Å². The molecule has 1 heterocycles. The van der Waals surface area contributed by atoms with E-state index in [1.807, 2.05) is 42.5 Å². The van der Waals surface area contributed by atoms with Crippen molar-refractivity contribution < 1.29 is 9.90 Å². The number of hydrogen-bond acceptors (Lipinski definition) is 2. The first-order valence-corrected chi connectivity index (χ1v) is 5.88. The number of aromatic nitrogens is 1. The van der Waals surface area contributed by atoms with Crippen LogP contribution >= 0.6 is 0 Å². The summed E-state index contributed by atoms with van der Waals surface area (Å²) in [7, 11) is 0. The highest BCUT2D eigenvalue weighted by Gasteiger charge is 2.13. The van der Waals surface area contributed by atoms with E-state index in [1.54, 1.807) is 13.1 Å². The number of aliphatic carboxylic acids is 1. The van der Waals surface area contributed by atoms with Gasteiger partial charge in [-0.15, -0.1) is 0 Å². The van der Waals surface area contributed by atoms with Crippen LogP contribution in [0.15, 0.2) is 48.7 Å². The zero-order valence-corrected chi connectivity index (χ0v) is 10.2. The highest BCUT2D eigenvalue weighted by atomic mass is 16.4. The molecule has 0 saturated carbocycles. The first-order valence-electron chi connectivity index (χ1n) is 5.88. The third-order valence-electron chi connectivity index (χ3n) is 2.93. The van der Waals surface area contributed by atoms with Crippen molar-refractivity contribution >= 4 is 5.97 Å². The zero-order chi connectivity index (χ0) is 13.0. The summed E-state index contributed by atoms with van der Waals surface area (Å²) in [6.07, 6.45) is 2.49. The average Bonchev–Trinajstić information content (AvgIpc) is 2.39. The predicted octanol–water partition coefficient (Wildman–Crippen LogP) is 2.86. The third-order valence-corrected chi connectivity index (χ3v) is 2.93. The smallest absolute Gasteiger partial charge is 0.310 e. The van der Waals surface area contributed by atoms with Gasteiger partial charge in [0, 0.05) is 18.3 Å². The number of carboxylic acids is 1. The Balaban J connectivity index is 2.20. The van der Waals surface area contributed by atoms with Crippen LogP contribution in [0.2, 0.25) is 0 Å². The molecule has 2 aromatic rings. The van der Waals surface area contributed by atoms with Crippen LogP contribution in [0.3, 0.4) is 0 Å². The van der Waals surface area contributed by atoms with Gasteiger partial charge < -0.3 is 5.11 Å². The van der Waals surface area contributed by atoms with Crippen molar-refractivity contribution in [2.24, 2.45) is 0 Å². The van der Waals surface area contributed by atoms with Crippen LogP contribution in [-0.2, 0) is 11.2 Å². The van der Waals surface area contributed by atoms with Crippen LogP contribution < -0.4 is 0 Å². The Kier molecular flexibility index (Phi) is 3.72. The van der Waals surface area contributed by atoms with Crippen LogP contribution in [0.1, 0.15) is 29.7 Å². The second kappa shape index (κ2) is 5.45. The maximum Gasteiger partial charge on any atom is 0.310 e. The van der Waals surface area contributed by atoms with Gasteiger partial charge in [-0.05, 0) is 30.2 Å². The minimum Gasteiger partial charge on any atom is -0.481 e. The number of carbonyl (C=O) groups is 1. The fourth-order valence-corrected chi connectivity index (χ4v) is 1.83. The third kappa shape index (κ3) is 2.94. The van der Waals surface area contributed by atoms with E-state index < -0.39 is 11.9 Å². The van der Waals surface area contributed by atoms with E-state index in [4.69, 9.17) is 5.11 Å². The Labute approximate surface area is 106 Å². The van der Waals surface area contributed by atoms with E-state index in [1.165, 1.54) is 0 Å². The van der Waals surface area contributed by atoms with Crippen molar-refractivity contribution in [3.63, 3.8) is 0 Å². The van der Waals surface area contributed by atoms with Crippen LogP contribution in [0.4, 0.5) is 0 Å². The minimum absolute atomic E-state index is 0.478. The molecule has 0 spiro atoms. The SMILES string of the molecule is CC(C(=O)O)c1cccc(Cc2ccccn2)c1. The number of nitrogens with zero attached hydrogens (tertiary/aromatic N) is 1. The van der Waals surface area contributed by atoms with E-state index >= 15 is 0 Å². The van der Waals surface area contributed by atoms with Crippen LogP contribution in [-0.4, -0.2) is 16.1 Å². The highest BCUT2D eigenvalue weighted by Crippen LogP contribution is 2.18. The number of rotatable bonds is 4. The van der Waals surface area contributed by atoms with Gasteiger partial charge in [0.2, 0.25) is 0 Å². The molecule has 1 N–H and O–H groups in total. The molecule has 2 rings (SSSR count). The van der Waals surface area contributed by atoms with E-state index in [2.05, 4.69) is 4.98 Å². The van der Waals surface area contributed by atoms with E-state index in [-0.39, 0.29) is 0 Å². The first-order chi connectivity index (χ1) is 8.66. The molecule has 0 aliphatic carbocycles. The predicted molar refractivity (Wildman–Crippen MR) is 69.5 cm³/mol. The molecule has 0 radical (unpaired) electrons. The summed E-state index contributed by atoms with van der Waals surface area (Å²) >= 11 is 0. The fraction of sp³-hybridized carbons (Fsp3) is 0.200. The maximum atomic E-state index is 11.0. The minimum atomic E-state index is -0.801. The number of benzene rings is 1. The van der Waals surface area contributed by atoms with Crippen LogP contribution in [0.25, 0.3) is 0 Å². The van der Waals surface area contributed by atoms with Gasteiger partial charge in [-0.1, -0.05) is 30.3 Å². The maximum absolute atomic E-state index is 11.0. The number of hydrogen-bond donors (Lipinski definition) is 1. The summed E-state index contributed by atoms with van der Waals surface area (Å²) < 4.78 is 0. The van der Waals surface area contributed by atoms with Gasteiger partial charge in [-0.2, -0.15) is 0 Å². The summed E-state index contributed by atoms with van der Waals surface area (Å²) in [5.74, 6) is -1.28. The van der Waals surface area contributed by atoms with Gasteiger partial charge in [0.05, 0.1) is 5.92 Å². The molecule has 1 aromatic heterocycles. The molecule has 0 fully saturated rings. The summed E-state index contributed by atoms with van der Waals surface area (Å²) in [6, 6.07) is 13.5. The molecule has 1 unspecified atom stereocenters. The fourth-order valence-electron chi connectivity index (χ4n) is 1.83. The lowest BCUT2D eigenvalue weighted by atomic mass is 9.97. The standard InChI is InChI=1S/C15H15NO2/c1-11(15(17)18)13-6-4-5-12(9-13)10-14-7-2-3-8-16-14/h2-9,11H,10H2,1H3,(H,17,18).